The number of carboxylic acids is 1. The van der Waals surface area contributed by atoms with Crippen LogP contribution in [-0.4, -0.2) is 29.8 Å². The molecule has 5 nitrogen and oxygen atoms in total. The summed E-state index contributed by atoms with van der Waals surface area (Å²) in [6.07, 6.45) is 5.17. The standard InChI is InChI=1S/C12H17NO4S/c1-4-6-9-7-10(12(14)15)8(3)13(18(16)17)11(9)5-2/h4-6,8,10,18H,1,7H2,2-3H3,(H,14,15)/b9-6-,11-5+/t8-,10-/m1/s1. The molecule has 18 heavy (non-hydrogen) atoms. The molecule has 1 N–H and O–H groups in total. The van der Waals surface area contributed by atoms with Crippen molar-refractivity contribution in [2.45, 2.75) is 26.3 Å². The molecular weight excluding hydrogens is 254 g/mol. The number of piperidine rings is 1. The van der Waals surface area contributed by atoms with Crippen molar-refractivity contribution in [3.63, 3.8) is 0 Å². The molecule has 1 aliphatic rings. The molecule has 1 saturated heterocycles. The lowest BCUT2D eigenvalue weighted by atomic mass is 9.86. The molecule has 100 valence electrons. The maximum absolute atomic E-state index is 11.3. The van der Waals surface area contributed by atoms with E-state index in [-0.39, 0.29) is 0 Å². The van der Waals surface area contributed by atoms with Gasteiger partial charge in [-0.3, -0.25) is 9.10 Å². The van der Waals surface area contributed by atoms with Crippen molar-refractivity contribution >= 4 is 16.9 Å². The number of thiol groups is 1. The number of allylic oxidation sites excluding steroid dienone is 4. The van der Waals surface area contributed by atoms with Gasteiger partial charge in [0.2, 0.25) is 10.9 Å². The van der Waals surface area contributed by atoms with Gasteiger partial charge in [0.05, 0.1) is 17.7 Å². The van der Waals surface area contributed by atoms with Crippen LogP contribution in [0, 0.1) is 5.92 Å². The number of aliphatic carboxylic acids is 1. The van der Waals surface area contributed by atoms with E-state index in [1.54, 1.807) is 26.0 Å². The Hall–Kier alpha value is -1.56. The van der Waals surface area contributed by atoms with Crippen LogP contribution in [-0.2, 0) is 15.7 Å². The highest BCUT2D eigenvalue weighted by molar-refractivity contribution is 7.70. The predicted octanol–water partition coefficient (Wildman–Crippen LogP) is 1.32. The summed E-state index contributed by atoms with van der Waals surface area (Å²) in [5, 5.41) is 9.16. The molecule has 0 radical (unpaired) electrons. The van der Waals surface area contributed by atoms with Gasteiger partial charge in [-0.2, -0.15) is 0 Å². The number of carbonyl (C=O) groups is 1. The fraction of sp³-hybridized carbons (Fsp3) is 0.417. The zero-order chi connectivity index (χ0) is 13.9. The van der Waals surface area contributed by atoms with E-state index in [1.165, 1.54) is 6.08 Å². The highest BCUT2D eigenvalue weighted by Crippen LogP contribution is 2.35. The summed E-state index contributed by atoms with van der Waals surface area (Å²) in [4.78, 5) is 11.2. The van der Waals surface area contributed by atoms with E-state index in [0.717, 1.165) is 4.31 Å². The van der Waals surface area contributed by atoms with Crippen molar-refractivity contribution in [1.29, 1.82) is 0 Å². The molecule has 2 atom stereocenters. The van der Waals surface area contributed by atoms with Gasteiger partial charge in [-0.25, -0.2) is 8.42 Å². The van der Waals surface area contributed by atoms with Crippen LogP contribution < -0.4 is 0 Å². The summed E-state index contributed by atoms with van der Waals surface area (Å²) >= 11 is 0. The van der Waals surface area contributed by atoms with E-state index in [9.17, 15) is 13.2 Å². The third-order valence-electron chi connectivity index (χ3n) is 3.07. The highest BCUT2D eigenvalue weighted by atomic mass is 32.2. The van der Waals surface area contributed by atoms with Crippen molar-refractivity contribution in [3.8, 4) is 0 Å². The number of carboxylic acid groups (broad SMARTS) is 1. The van der Waals surface area contributed by atoms with Crippen LogP contribution in [0.4, 0.5) is 0 Å². The number of nitrogens with zero attached hydrogens (tertiary/aromatic N) is 1. The molecule has 1 heterocycles. The van der Waals surface area contributed by atoms with Crippen LogP contribution >= 0.6 is 0 Å². The van der Waals surface area contributed by atoms with E-state index < -0.39 is 28.8 Å². The van der Waals surface area contributed by atoms with Gasteiger partial charge in [0.1, 0.15) is 0 Å². The Balaban J connectivity index is 3.32. The number of hydrogen-bond donors (Lipinski definition) is 2. The molecule has 0 aromatic heterocycles. The third-order valence-corrected chi connectivity index (χ3v) is 4.00. The van der Waals surface area contributed by atoms with Gasteiger partial charge in [0, 0.05) is 0 Å². The van der Waals surface area contributed by atoms with Crippen LogP contribution in [0.3, 0.4) is 0 Å². The fourth-order valence-corrected chi connectivity index (χ4v) is 3.07. The SMILES string of the molecule is C=C/C=C1/C[C@@H](C(=O)O)[C@@H](C)N([SH](=O)=O)/C1=C/C. The summed E-state index contributed by atoms with van der Waals surface area (Å²) < 4.78 is 23.8. The minimum absolute atomic E-state index is 0.307. The van der Waals surface area contributed by atoms with Gasteiger partial charge in [0.15, 0.2) is 0 Å². The molecule has 0 bridgehead atoms. The Bertz CT molecular complexity index is 482. The second-order valence-corrected chi connectivity index (χ2v) is 4.98. The quantitative estimate of drug-likeness (QED) is 0.759. The molecule has 0 aliphatic carbocycles. The zero-order valence-corrected chi connectivity index (χ0v) is 11.3. The van der Waals surface area contributed by atoms with Crippen LogP contribution in [0.5, 0.6) is 0 Å². The van der Waals surface area contributed by atoms with Crippen molar-refractivity contribution < 1.29 is 18.3 Å². The maximum atomic E-state index is 11.3. The number of rotatable bonds is 3. The summed E-state index contributed by atoms with van der Waals surface area (Å²) in [6.45, 7) is 6.90. The third kappa shape index (κ3) is 2.64. The van der Waals surface area contributed by atoms with Crippen molar-refractivity contribution in [1.82, 2.24) is 4.31 Å². The molecule has 1 aliphatic heterocycles. The molecule has 0 unspecified atom stereocenters. The van der Waals surface area contributed by atoms with Gasteiger partial charge in [-0.05, 0) is 25.8 Å². The summed E-state index contributed by atoms with van der Waals surface area (Å²) in [7, 11) is -2.87. The minimum atomic E-state index is -2.87. The van der Waals surface area contributed by atoms with Crippen LogP contribution in [0.15, 0.2) is 36.1 Å². The summed E-state index contributed by atoms with van der Waals surface area (Å²) in [5.41, 5.74) is 1.22. The summed E-state index contributed by atoms with van der Waals surface area (Å²) in [5.74, 6) is -1.73. The largest absolute Gasteiger partial charge is 0.481 e. The smallest absolute Gasteiger partial charge is 0.308 e. The van der Waals surface area contributed by atoms with E-state index in [0.29, 0.717) is 17.7 Å². The van der Waals surface area contributed by atoms with Crippen molar-refractivity contribution in [2.75, 3.05) is 0 Å². The van der Waals surface area contributed by atoms with Gasteiger partial charge < -0.3 is 5.11 Å². The average Bonchev–Trinajstić information content (AvgIpc) is 2.29. The van der Waals surface area contributed by atoms with Crippen molar-refractivity contribution in [2.24, 2.45) is 5.92 Å². The first kappa shape index (κ1) is 14.5. The molecular formula is C12H17NO4S. The van der Waals surface area contributed by atoms with Crippen LogP contribution in [0.2, 0.25) is 0 Å². The lowest BCUT2D eigenvalue weighted by Crippen LogP contribution is -2.45. The molecule has 0 amide bonds. The Morgan fingerprint density at radius 2 is 2.17 bits per heavy atom. The second-order valence-electron chi connectivity index (χ2n) is 4.07. The topological polar surface area (TPSA) is 74.7 Å². The Labute approximate surface area is 108 Å². The van der Waals surface area contributed by atoms with Crippen LogP contribution in [0.1, 0.15) is 20.3 Å². The summed E-state index contributed by atoms with van der Waals surface area (Å²) in [6, 6.07) is -0.586. The molecule has 0 saturated carbocycles. The monoisotopic (exact) mass is 271 g/mol. The second kappa shape index (κ2) is 5.86. The molecule has 0 aromatic carbocycles. The van der Waals surface area contributed by atoms with E-state index in [4.69, 9.17) is 5.11 Å². The van der Waals surface area contributed by atoms with Crippen LogP contribution in [0.25, 0.3) is 0 Å². The van der Waals surface area contributed by atoms with Gasteiger partial charge in [-0.15, -0.1) is 0 Å². The Kier molecular flexibility index (Phi) is 4.72. The van der Waals surface area contributed by atoms with E-state index >= 15 is 0 Å². The molecule has 6 heteroatoms. The zero-order valence-electron chi connectivity index (χ0n) is 10.4. The fourth-order valence-electron chi connectivity index (χ4n) is 2.19. The van der Waals surface area contributed by atoms with Crippen molar-refractivity contribution in [3.05, 3.63) is 36.1 Å². The Morgan fingerprint density at radius 3 is 2.56 bits per heavy atom. The first-order valence-electron chi connectivity index (χ1n) is 5.58. The molecule has 0 aromatic rings. The first-order valence-corrected chi connectivity index (χ1v) is 6.71. The average molecular weight is 271 g/mol. The molecule has 1 rings (SSSR count). The molecule has 1 fully saturated rings. The van der Waals surface area contributed by atoms with Gasteiger partial charge >= 0.3 is 5.97 Å². The normalized spacial score (nSPS) is 28.9. The Morgan fingerprint density at radius 1 is 1.56 bits per heavy atom. The lowest BCUT2D eigenvalue weighted by molar-refractivity contribution is -0.143. The van der Waals surface area contributed by atoms with Gasteiger partial charge in [-0.1, -0.05) is 24.8 Å². The maximum Gasteiger partial charge on any atom is 0.308 e. The number of hydrogen-bond acceptors (Lipinski definition) is 3. The lowest BCUT2D eigenvalue weighted by Gasteiger charge is -2.38. The minimum Gasteiger partial charge on any atom is -0.481 e. The predicted molar refractivity (Wildman–Crippen MR) is 69.4 cm³/mol. The first-order chi connectivity index (χ1) is 8.43. The highest BCUT2D eigenvalue weighted by Gasteiger charge is 2.38. The van der Waals surface area contributed by atoms with E-state index in [1.807, 2.05) is 0 Å². The van der Waals surface area contributed by atoms with Gasteiger partial charge in [0.25, 0.3) is 0 Å². The van der Waals surface area contributed by atoms with E-state index in [2.05, 4.69) is 6.58 Å². The molecule has 0 spiro atoms.